The second kappa shape index (κ2) is 10.9. The first-order chi connectivity index (χ1) is 17.9. The molecule has 3 aromatic rings. The average molecular weight is 506 g/mol. The fraction of sp³-hybridized carbons (Fsp3) is 0.286. The number of phenols is 1. The number of nitrogens with one attached hydrogen (secondary N) is 2. The Morgan fingerprint density at radius 2 is 1.57 bits per heavy atom. The number of phenolic OH excluding ortho intramolecular Hbond substituents is 1. The Balaban J connectivity index is 1.27. The van der Waals surface area contributed by atoms with Gasteiger partial charge in [-0.25, -0.2) is 4.39 Å². The molecule has 9 heteroatoms. The van der Waals surface area contributed by atoms with Gasteiger partial charge in [-0.1, -0.05) is 18.2 Å². The number of likely N-dealkylation sites (tertiary alicyclic amines) is 1. The van der Waals surface area contributed by atoms with Crippen LogP contribution in [0.25, 0.3) is 0 Å². The first kappa shape index (κ1) is 24.6. The summed E-state index contributed by atoms with van der Waals surface area (Å²) in [6.45, 7) is 2.02. The Bertz CT molecular complexity index is 1270. The van der Waals surface area contributed by atoms with Crippen molar-refractivity contribution in [1.29, 1.82) is 0 Å². The molecule has 37 heavy (non-hydrogen) atoms. The molecule has 1 fully saturated rings. The third kappa shape index (κ3) is 6.18. The molecule has 2 aliphatic heterocycles. The highest BCUT2D eigenvalue weighted by molar-refractivity contribution is 5.93. The van der Waals surface area contributed by atoms with Crippen LogP contribution in [0.15, 0.2) is 66.7 Å². The quantitative estimate of drug-likeness (QED) is 0.453. The number of halogens is 1. The number of ether oxygens (including phenoxy) is 2. The van der Waals surface area contributed by atoms with Gasteiger partial charge < -0.3 is 25.2 Å². The number of fused-ring (bicyclic) bond motifs is 1. The van der Waals surface area contributed by atoms with E-state index in [0.717, 1.165) is 11.1 Å². The van der Waals surface area contributed by atoms with Crippen molar-refractivity contribution in [2.24, 2.45) is 11.8 Å². The molecular weight excluding hydrogens is 477 g/mol. The van der Waals surface area contributed by atoms with Crippen LogP contribution in [0, 0.1) is 17.7 Å². The van der Waals surface area contributed by atoms with Crippen molar-refractivity contribution in [3.8, 4) is 17.2 Å². The van der Waals surface area contributed by atoms with Gasteiger partial charge in [-0.15, -0.1) is 0 Å². The van der Waals surface area contributed by atoms with Crippen molar-refractivity contribution < 1.29 is 28.6 Å². The maximum Gasteiger partial charge on any atom is 0.231 e. The van der Waals surface area contributed by atoms with Gasteiger partial charge in [0.25, 0.3) is 0 Å². The van der Waals surface area contributed by atoms with E-state index in [1.807, 2.05) is 30.3 Å². The van der Waals surface area contributed by atoms with E-state index in [9.17, 15) is 19.1 Å². The molecule has 0 aromatic heterocycles. The van der Waals surface area contributed by atoms with Crippen LogP contribution >= 0.6 is 0 Å². The molecular formula is C28H28FN3O5. The van der Waals surface area contributed by atoms with E-state index in [1.165, 1.54) is 24.3 Å². The van der Waals surface area contributed by atoms with Crippen LogP contribution in [-0.2, 0) is 22.7 Å². The van der Waals surface area contributed by atoms with Gasteiger partial charge in [0.05, 0.1) is 11.8 Å². The molecule has 8 nitrogen and oxygen atoms in total. The van der Waals surface area contributed by atoms with Gasteiger partial charge in [0.2, 0.25) is 18.6 Å². The molecule has 2 aliphatic rings. The first-order valence-corrected chi connectivity index (χ1v) is 12.2. The van der Waals surface area contributed by atoms with Crippen molar-refractivity contribution in [2.45, 2.75) is 19.5 Å². The third-order valence-electron chi connectivity index (χ3n) is 6.63. The summed E-state index contributed by atoms with van der Waals surface area (Å²) in [6, 6.07) is 18.0. The molecule has 3 aromatic carbocycles. The van der Waals surface area contributed by atoms with Gasteiger partial charge in [0, 0.05) is 31.9 Å². The highest BCUT2D eigenvalue weighted by Gasteiger charge is 2.35. The highest BCUT2D eigenvalue weighted by atomic mass is 19.1. The number of aromatic hydroxyl groups is 1. The molecule has 1 saturated heterocycles. The van der Waals surface area contributed by atoms with Crippen LogP contribution in [0.1, 0.15) is 17.5 Å². The van der Waals surface area contributed by atoms with E-state index in [0.29, 0.717) is 49.8 Å². The van der Waals surface area contributed by atoms with Gasteiger partial charge in [-0.3, -0.25) is 14.5 Å². The Morgan fingerprint density at radius 3 is 2.32 bits per heavy atom. The zero-order valence-electron chi connectivity index (χ0n) is 20.2. The first-order valence-electron chi connectivity index (χ1n) is 12.2. The fourth-order valence-electron chi connectivity index (χ4n) is 4.72. The SMILES string of the molecule is O=C(NCc1ccc2c(c1)OCO2)[C@H]1C[C@@H](C(=O)Nc2ccc(F)cc2)CN(Cc2ccc(O)cc2)C1. The third-order valence-corrected chi connectivity index (χ3v) is 6.63. The van der Waals surface area contributed by atoms with E-state index >= 15 is 0 Å². The Kier molecular flexibility index (Phi) is 7.23. The van der Waals surface area contributed by atoms with Crippen molar-refractivity contribution >= 4 is 17.5 Å². The van der Waals surface area contributed by atoms with Crippen LogP contribution in [0.3, 0.4) is 0 Å². The molecule has 2 heterocycles. The van der Waals surface area contributed by atoms with Crippen LogP contribution in [0.4, 0.5) is 10.1 Å². The largest absolute Gasteiger partial charge is 0.508 e. The molecule has 5 rings (SSSR count). The number of hydrogen-bond acceptors (Lipinski definition) is 6. The number of carbonyl (C=O) groups is 2. The second-order valence-corrected chi connectivity index (χ2v) is 9.39. The summed E-state index contributed by atoms with van der Waals surface area (Å²) in [4.78, 5) is 28.4. The zero-order valence-corrected chi connectivity index (χ0v) is 20.2. The normalized spacial score (nSPS) is 18.8. The smallest absolute Gasteiger partial charge is 0.231 e. The van der Waals surface area contributed by atoms with Crippen molar-refractivity contribution in [3.63, 3.8) is 0 Å². The number of anilines is 1. The summed E-state index contributed by atoms with van der Waals surface area (Å²) in [5.74, 6) is -0.0387. The van der Waals surface area contributed by atoms with Crippen molar-refractivity contribution in [2.75, 3.05) is 25.2 Å². The Labute approximate surface area is 214 Å². The number of rotatable bonds is 7. The lowest BCUT2D eigenvalue weighted by molar-refractivity contribution is -0.130. The van der Waals surface area contributed by atoms with E-state index < -0.39 is 11.8 Å². The predicted octanol–water partition coefficient (Wildman–Crippen LogP) is 3.65. The minimum Gasteiger partial charge on any atom is -0.508 e. The number of hydrogen-bond donors (Lipinski definition) is 3. The number of carbonyl (C=O) groups excluding carboxylic acids is 2. The van der Waals surface area contributed by atoms with E-state index in [1.54, 1.807) is 12.1 Å². The molecule has 0 radical (unpaired) electrons. The lowest BCUT2D eigenvalue weighted by atomic mass is 9.87. The summed E-state index contributed by atoms with van der Waals surface area (Å²) < 4.78 is 24.0. The molecule has 3 N–H and O–H groups in total. The Hall–Kier alpha value is -4.11. The highest BCUT2D eigenvalue weighted by Crippen LogP contribution is 2.32. The maximum atomic E-state index is 13.3. The topological polar surface area (TPSA) is 100 Å². The minimum atomic E-state index is -0.433. The molecule has 0 bridgehead atoms. The summed E-state index contributed by atoms with van der Waals surface area (Å²) >= 11 is 0. The lowest BCUT2D eigenvalue weighted by Crippen LogP contribution is -2.48. The monoisotopic (exact) mass is 505 g/mol. The van der Waals surface area contributed by atoms with Crippen LogP contribution in [0.2, 0.25) is 0 Å². The summed E-state index contributed by atoms with van der Waals surface area (Å²) in [6.07, 6.45) is 0.395. The van der Waals surface area contributed by atoms with Crippen molar-refractivity contribution in [1.82, 2.24) is 10.2 Å². The Morgan fingerprint density at radius 1 is 0.892 bits per heavy atom. The summed E-state index contributed by atoms with van der Waals surface area (Å²) in [7, 11) is 0. The lowest BCUT2D eigenvalue weighted by Gasteiger charge is -2.36. The number of piperidine rings is 1. The van der Waals surface area contributed by atoms with Gasteiger partial charge in [-0.2, -0.15) is 0 Å². The summed E-state index contributed by atoms with van der Waals surface area (Å²) in [5, 5.41) is 15.4. The predicted molar refractivity (Wildman–Crippen MR) is 134 cm³/mol. The minimum absolute atomic E-state index is 0.132. The van der Waals surface area contributed by atoms with E-state index in [2.05, 4.69) is 15.5 Å². The molecule has 0 saturated carbocycles. The average Bonchev–Trinajstić information content (AvgIpc) is 3.38. The molecule has 2 atom stereocenters. The van der Waals surface area contributed by atoms with E-state index in [4.69, 9.17) is 9.47 Å². The van der Waals surface area contributed by atoms with Gasteiger partial charge in [0.1, 0.15) is 11.6 Å². The number of benzene rings is 3. The molecule has 2 amide bonds. The summed E-state index contributed by atoms with van der Waals surface area (Å²) in [5.41, 5.74) is 2.36. The van der Waals surface area contributed by atoms with Gasteiger partial charge in [-0.05, 0) is 66.1 Å². The number of amides is 2. The van der Waals surface area contributed by atoms with Crippen LogP contribution in [-0.4, -0.2) is 41.7 Å². The van der Waals surface area contributed by atoms with Crippen molar-refractivity contribution in [3.05, 3.63) is 83.7 Å². The molecule has 0 spiro atoms. The maximum absolute atomic E-state index is 13.3. The second-order valence-electron chi connectivity index (χ2n) is 9.39. The van der Waals surface area contributed by atoms with Crippen LogP contribution in [0.5, 0.6) is 17.2 Å². The molecule has 192 valence electrons. The molecule has 0 unspecified atom stereocenters. The van der Waals surface area contributed by atoms with E-state index in [-0.39, 0.29) is 30.2 Å². The van der Waals surface area contributed by atoms with Gasteiger partial charge >= 0.3 is 0 Å². The molecule has 0 aliphatic carbocycles. The van der Waals surface area contributed by atoms with Gasteiger partial charge in [0.15, 0.2) is 11.5 Å². The number of nitrogens with zero attached hydrogens (tertiary/aromatic N) is 1. The standard InChI is InChI=1S/C28H28FN3O5/c29-22-4-6-23(7-5-22)31-28(35)21-12-20(15-32(16-21)14-18-1-8-24(33)9-2-18)27(34)30-13-19-3-10-25-26(11-19)37-17-36-25/h1-11,20-21,33H,12-17H2,(H,30,34)(H,31,35)/t20-,21+/m0/s1. The fourth-order valence-corrected chi connectivity index (χ4v) is 4.72. The van der Waals surface area contributed by atoms with Crippen LogP contribution < -0.4 is 20.1 Å². The zero-order chi connectivity index (χ0) is 25.8.